The first-order chi connectivity index (χ1) is 8.63. The van der Waals surface area contributed by atoms with E-state index >= 15 is 0 Å². The Morgan fingerprint density at radius 1 is 1.39 bits per heavy atom. The number of fused-ring (bicyclic) bond motifs is 1. The van der Waals surface area contributed by atoms with Crippen LogP contribution in [0.4, 0.5) is 11.7 Å². The van der Waals surface area contributed by atoms with Gasteiger partial charge in [-0.25, -0.2) is 0 Å². The standard InChI is InChI=1S/C14H19N3O/c1-9-5-6-17(10(2)7-9)14-16-12-4-3-11(15)8-13(12)18-14/h3-4,8-10H,5-7,15H2,1-2H3. The Bertz CT molecular complexity index is 563. The molecule has 1 fully saturated rings. The fourth-order valence-electron chi connectivity index (χ4n) is 2.74. The zero-order chi connectivity index (χ0) is 12.7. The number of aromatic nitrogens is 1. The van der Waals surface area contributed by atoms with Crippen molar-refractivity contribution in [3.63, 3.8) is 0 Å². The van der Waals surface area contributed by atoms with Crippen molar-refractivity contribution >= 4 is 22.8 Å². The summed E-state index contributed by atoms with van der Waals surface area (Å²) in [5.41, 5.74) is 8.12. The number of nitrogens with two attached hydrogens (primary N) is 1. The van der Waals surface area contributed by atoms with Crippen LogP contribution in [-0.4, -0.2) is 17.6 Å². The number of nitrogen functional groups attached to an aromatic ring is 1. The summed E-state index contributed by atoms with van der Waals surface area (Å²) in [4.78, 5) is 6.82. The van der Waals surface area contributed by atoms with Gasteiger partial charge >= 0.3 is 0 Å². The molecule has 0 aliphatic carbocycles. The van der Waals surface area contributed by atoms with E-state index in [2.05, 4.69) is 23.7 Å². The van der Waals surface area contributed by atoms with Crippen LogP contribution in [0.5, 0.6) is 0 Å². The lowest BCUT2D eigenvalue weighted by Crippen LogP contribution is -2.40. The summed E-state index contributed by atoms with van der Waals surface area (Å²) >= 11 is 0. The van der Waals surface area contributed by atoms with E-state index in [-0.39, 0.29) is 0 Å². The molecule has 2 aromatic rings. The summed E-state index contributed by atoms with van der Waals surface area (Å²) in [5.74, 6) is 0.788. The minimum Gasteiger partial charge on any atom is -0.423 e. The normalized spacial score (nSPS) is 24.7. The maximum Gasteiger partial charge on any atom is 0.298 e. The second-order valence-corrected chi connectivity index (χ2v) is 5.40. The molecule has 0 amide bonds. The molecule has 0 radical (unpaired) electrons. The molecule has 0 bridgehead atoms. The van der Waals surface area contributed by atoms with Gasteiger partial charge in [-0.15, -0.1) is 0 Å². The maximum absolute atomic E-state index is 5.83. The topological polar surface area (TPSA) is 55.3 Å². The highest BCUT2D eigenvalue weighted by molar-refractivity contribution is 5.78. The molecule has 18 heavy (non-hydrogen) atoms. The summed E-state index contributed by atoms with van der Waals surface area (Å²) in [6.45, 7) is 5.56. The van der Waals surface area contributed by atoms with Gasteiger partial charge in [0, 0.05) is 24.3 Å². The predicted octanol–water partition coefficient (Wildman–Crippen LogP) is 3.03. The molecule has 1 aliphatic heterocycles. The molecule has 2 N–H and O–H groups in total. The van der Waals surface area contributed by atoms with Gasteiger partial charge in [0.2, 0.25) is 0 Å². The molecule has 96 valence electrons. The zero-order valence-electron chi connectivity index (χ0n) is 10.9. The number of nitrogens with zero attached hydrogens (tertiary/aromatic N) is 2. The summed E-state index contributed by atoms with van der Waals surface area (Å²) in [5, 5.41) is 0. The molecular formula is C14H19N3O. The maximum atomic E-state index is 5.83. The second-order valence-electron chi connectivity index (χ2n) is 5.40. The van der Waals surface area contributed by atoms with Crippen molar-refractivity contribution in [1.82, 2.24) is 4.98 Å². The van der Waals surface area contributed by atoms with Crippen molar-refractivity contribution in [2.45, 2.75) is 32.7 Å². The molecule has 4 nitrogen and oxygen atoms in total. The van der Waals surface area contributed by atoms with Crippen LogP contribution in [0, 0.1) is 5.92 Å². The van der Waals surface area contributed by atoms with Crippen LogP contribution in [0.3, 0.4) is 0 Å². The van der Waals surface area contributed by atoms with E-state index in [4.69, 9.17) is 10.2 Å². The van der Waals surface area contributed by atoms with Crippen molar-refractivity contribution in [3.05, 3.63) is 18.2 Å². The number of piperidine rings is 1. The van der Waals surface area contributed by atoms with Crippen LogP contribution in [0.1, 0.15) is 26.7 Å². The summed E-state index contributed by atoms with van der Waals surface area (Å²) in [6.07, 6.45) is 2.39. The van der Waals surface area contributed by atoms with E-state index in [1.165, 1.54) is 12.8 Å². The zero-order valence-corrected chi connectivity index (χ0v) is 10.9. The Kier molecular flexibility index (Phi) is 2.65. The van der Waals surface area contributed by atoms with Gasteiger partial charge < -0.3 is 15.1 Å². The molecular weight excluding hydrogens is 226 g/mol. The molecule has 2 atom stereocenters. The van der Waals surface area contributed by atoms with Gasteiger partial charge in [0.25, 0.3) is 6.01 Å². The first kappa shape index (κ1) is 11.4. The molecule has 3 rings (SSSR count). The van der Waals surface area contributed by atoms with Crippen molar-refractivity contribution in [2.75, 3.05) is 17.2 Å². The van der Waals surface area contributed by atoms with Gasteiger partial charge in [0.05, 0.1) is 0 Å². The summed E-state index contributed by atoms with van der Waals surface area (Å²) in [7, 11) is 0. The molecule has 1 aromatic carbocycles. The third kappa shape index (κ3) is 1.92. The van der Waals surface area contributed by atoms with Gasteiger partial charge in [0.15, 0.2) is 5.58 Å². The summed E-state index contributed by atoms with van der Waals surface area (Å²) in [6, 6.07) is 6.82. The van der Waals surface area contributed by atoms with E-state index in [0.717, 1.165) is 29.6 Å². The van der Waals surface area contributed by atoms with Crippen LogP contribution in [0.25, 0.3) is 11.1 Å². The minimum absolute atomic E-state index is 0.485. The van der Waals surface area contributed by atoms with Crippen molar-refractivity contribution in [3.8, 4) is 0 Å². The van der Waals surface area contributed by atoms with Crippen LogP contribution >= 0.6 is 0 Å². The average molecular weight is 245 g/mol. The Hall–Kier alpha value is -1.71. The minimum atomic E-state index is 0.485. The van der Waals surface area contributed by atoms with Crippen LogP contribution in [0.15, 0.2) is 22.6 Å². The third-order valence-corrected chi connectivity index (χ3v) is 3.79. The number of anilines is 2. The van der Waals surface area contributed by atoms with Gasteiger partial charge in [-0.1, -0.05) is 6.92 Å². The first-order valence-corrected chi connectivity index (χ1v) is 6.56. The van der Waals surface area contributed by atoms with Crippen LogP contribution in [0.2, 0.25) is 0 Å². The highest BCUT2D eigenvalue weighted by atomic mass is 16.4. The Labute approximate surface area is 107 Å². The lowest BCUT2D eigenvalue weighted by Gasteiger charge is -2.35. The third-order valence-electron chi connectivity index (χ3n) is 3.79. The Morgan fingerprint density at radius 2 is 2.22 bits per heavy atom. The first-order valence-electron chi connectivity index (χ1n) is 6.56. The van der Waals surface area contributed by atoms with Crippen LogP contribution in [-0.2, 0) is 0 Å². The molecule has 0 saturated carbocycles. The van der Waals surface area contributed by atoms with Crippen LogP contribution < -0.4 is 10.6 Å². The molecule has 2 heterocycles. The Morgan fingerprint density at radius 3 is 3.00 bits per heavy atom. The average Bonchev–Trinajstić information content (AvgIpc) is 2.71. The van der Waals surface area contributed by atoms with E-state index in [1.807, 2.05) is 18.2 Å². The number of hydrogen-bond acceptors (Lipinski definition) is 4. The predicted molar refractivity (Wildman–Crippen MR) is 73.6 cm³/mol. The van der Waals surface area contributed by atoms with E-state index in [1.54, 1.807) is 0 Å². The van der Waals surface area contributed by atoms with Crippen molar-refractivity contribution in [2.24, 2.45) is 5.92 Å². The van der Waals surface area contributed by atoms with E-state index in [9.17, 15) is 0 Å². The Balaban J connectivity index is 1.94. The van der Waals surface area contributed by atoms with Gasteiger partial charge in [-0.05, 0) is 37.8 Å². The van der Waals surface area contributed by atoms with Crippen molar-refractivity contribution < 1.29 is 4.42 Å². The lowest BCUT2D eigenvalue weighted by atomic mass is 9.94. The molecule has 1 aliphatic rings. The fourth-order valence-corrected chi connectivity index (χ4v) is 2.74. The number of hydrogen-bond donors (Lipinski definition) is 1. The number of benzene rings is 1. The number of oxazole rings is 1. The van der Waals surface area contributed by atoms with Gasteiger partial charge in [0.1, 0.15) is 5.52 Å². The fraction of sp³-hybridized carbons (Fsp3) is 0.500. The highest BCUT2D eigenvalue weighted by Gasteiger charge is 2.26. The largest absolute Gasteiger partial charge is 0.423 e. The van der Waals surface area contributed by atoms with Gasteiger partial charge in [-0.3, -0.25) is 0 Å². The van der Waals surface area contributed by atoms with Gasteiger partial charge in [-0.2, -0.15) is 4.98 Å². The number of rotatable bonds is 1. The quantitative estimate of drug-likeness (QED) is 0.785. The van der Waals surface area contributed by atoms with E-state index < -0.39 is 0 Å². The molecule has 1 saturated heterocycles. The SMILES string of the molecule is CC1CCN(c2nc3ccc(N)cc3o2)C(C)C1. The highest BCUT2D eigenvalue weighted by Crippen LogP contribution is 2.30. The summed E-state index contributed by atoms with van der Waals surface area (Å²) < 4.78 is 5.83. The molecule has 2 unspecified atom stereocenters. The van der Waals surface area contributed by atoms with E-state index in [0.29, 0.717) is 11.7 Å². The molecule has 0 spiro atoms. The molecule has 1 aromatic heterocycles. The smallest absolute Gasteiger partial charge is 0.298 e. The monoisotopic (exact) mass is 245 g/mol. The molecule has 4 heteroatoms. The van der Waals surface area contributed by atoms with Crippen molar-refractivity contribution in [1.29, 1.82) is 0 Å². The second kappa shape index (κ2) is 4.19. The lowest BCUT2D eigenvalue weighted by molar-refractivity contribution is 0.360.